The Kier molecular flexibility index (Phi) is 5.75. The second-order valence-electron chi connectivity index (χ2n) is 5.48. The van der Waals surface area contributed by atoms with Gasteiger partial charge < -0.3 is 15.3 Å². The second kappa shape index (κ2) is 6.84. The van der Waals surface area contributed by atoms with E-state index in [4.69, 9.17) is 0 Å². The quantitative estimate of drug-likeness (QED) is 0.790. The Morgan fingerprint density at radius 2 is 1.94 bits per heavy atom. The lowest BCUT2D eigenvalue weighted by molar-refractivity contribution is 0.0798. The fourth-order valence-corrected chi connectivity index (χ4v) is 2.16. The molecule has 2 amide bonds. The van der Waals surface area contributed by atoms with Crippen molar-refractivity contribution in [3.8, 4) is 0 Å². The Morgan fingerprint density at radius 1 is 1.35 bits per heavy atom. The van der Waals surface area contributed by atoms with Gasteiger partial charge in [0.15, 0.2) is 0 Å². The number of aliphatic hydroxyl groups excluding tert-OH is 1. The zero-order chi connectivity index (χ0) is 12.8. The molecule has 1 aliphatic heterocycles. The molecule has 0 radical (unpaired) electrons. The molecule has 1 unspecified atom stereocenters. The van der Waals surface area contributed by atoms with E-state index in [9.17, 15) is 9.90 Å². The molecule has 1 saturated heterocycles. The van der Waals surface area contributed by atoms with Gasteiger partial charge in [0.2, 0.25) is 0 Å². The van der Waals surface area contributed by atoms with Crippen molar-refractivity contribution in [2.24, 2.45) is 11.8 Å². The average molecular weight is 242 g/mol. The SMILES string of the molecule is CC(C)CCNC(=O)N1CCC(C(C)O)CC1. The number of nitrogens with one attached hydrogen (secondary N) is 1. The first-order chi connectivity index (χ1) is 8.00. The lowest BCUT2D eigenvalue weighted by atomic mass is 9.92. The normalized spacial score (nSPS) is 19.5. The van der Waals surface area contributed by atoms with Gasteiger partial charge in [-0.25, -0.2) is 4.79 Å². The number of aliphatic hydroxyl groups is 1. The van der Waals surface area contributed by atoms with E-state index in [-0.39, 0.29) is 12.1 Å². The smallest absolute Gasteiger partial charge is 0.317 e. The maximum Gasteiger partial charge on any atom is 0.317 e. The summed E-state index contributed by atoms with van der Waals surface area (Å²) in [7, 11) is 0. The molecule has 1 heterocycles. The van der Waals surface area contributed by atoms with E-state index in [2.05, 4.69) is 19.2 Å². The third kappa shape index (κ3) is 4.94. The number of piperidine rings is 1. The molecule has 0 aromatic heterocycles. The van der Waals surface area contributed by atoms with E-state index in [0.29, 0.717) is 11.8 Å². The topological polar surface area (TPSA) is 52.6 Å². The van der Waals surface area contributed by atoms with E-state index in [1.807, 2.05) is 11.8 Å². The fraction of sp³-hybridized carbons (Fsp3) is 0.923. The highest BCUT2D eigenvalue weighted by Crippen LogP contribution is 2.20. The van der Waals surface area contributed by atoms with E-state index >= 15 is 0 Å². The van der Waals surface area contributed by atoms with Crippen LogP contribution in [-0.2, 0) is 0 Å². The van der Waals surface area contributed by atoms with Gasteiger partial charge in [0, 0.05) is 19.6 Å². The van der Waals surface area contributed by atoms with E-state index in [0.717, 1.165) is 38.9 Å². The van der Waals surface area contributed by atoms with E-state index < -0.39 is 0 Å². The van der Waals surface area contributed by atoms with Crippen LogP contribution in [0.25, 0.3) is 0 Å². The standard InChI is InChI=1S/C13H26N2O2/c1-10(2)4-7-14-13(17)15-8-5-12(6-9-15)11(3)16/h10-12,16H,4-9H2,1-3H3,(H,14,17). The lowest BCUT2D eigenvalue weighted by Crippen LogP contribution is -2.46. The minimum atomic E-state index is -0.249. The molecule has 4 nitrogen and oxygen atoms in total. The average Bonchev–Trinajstić information content (AvgIpc) is 2.28. The van der Waals surface area contributed by atoms with Crippen LogP contribution in [0.1, 0.15) is 40.0 Å². The largest absolute Gasteiger partial charge is 0.393 e. The molecule has 0 saturated carbocycles. The van der Waals surface area contributed by atoms with Crippen LogP contribution in [-0.4, -0.2) is 41.8 Å². The summed E-state index contributed by atoms with van der Waals surface area (Å²) in [6, 6.07) is 0.0506. The van der Waals surface area contributed by atoms with Crippen LogP contribution < -0.4 is 5.32 Å². The van der Waals surface area contributed by atoms with Crippen molar-refractivity contribution in [2.75, 3.05) is 19.6 Å². The summed E-state index contributed by atoms with van der Waals surface area (Å²) in [6.07, 6.45) is 2.60. The summed E-state index contributed by atoms with van der Waals surface area (Å²) >= 11 is 0. The van der Waals surface area contributed by atoms with Gasteiger partial charge in [-0.2, -0.15) is 0 Å². The molecule has 4 heteroatoms. The van der Waals surface area contributed by atoms with Gasteiger partial charge in [0.1, 0.15) is 0 Å². The van der Waals surface area contributed by atoms with Crippen LogP contribution in [0.4, 0.5) is 4.79 Å². The third-order valence-corrected chi connectivity index (χ3v) is 3.51. The molecule has 0 aromatic rings. The lowest BCUT2D eigenvalue weighted by Gasteiger charge is -2.33. The first-order valence-corrected chi connectivity index (χ1v) is 6.71. The van der Waals surface area contributed by atoms with Gasteiger partial charge in [-0.05, 0) is 38.0 Å². The van der Waals surface area contributed by atoms with Crippen LogP contribution in [0, 0.1) is 11.8 Å². The second-order valence-corrected chi connectivity index (χ2v) is 5.48. The minimum Gasteiger partial charge on any atom is -0.393 e. The molecule has 2 N–H and O–H groups in total. The number of amides is 2. The molecule has 1 fully saturated rings. The molecule has 0 spiro atoms. The number of hydrogen-bond acceptors (Lipinski definition) is 2. The monoisotopic (exact) mass is 242 g/mol. The molecule has 1 rings (SSSR count). The van der Waals surface area contributed by atoms with Crippen LogP contribution >= 0.6 is 0 Å². The first-order valence-electron chi connectivity index (χ1n) is 6.71. The number of likely N-dealkylation sites (tertiary alicyclic amines) is 1. The number of urea groups is 1. The summed E-state index contributed by atoms with van der Waals surface area (Å²) in [5.74, 6) is 0.978. The Morgan fingerprint density at radius 3 is 2.41 bits per heavy atom. The van der Waals surface area contributed by atoms with Crippen molar-refractivity contribution < 1.29 is 9.90 Å². The van der Waals surface area contributed by atoms with E-state index in [1.54, 1.807) is 0 Å². The van der Waals surface area contributed by atoms with Crippen LogP contribution in [0.15, 0.2) is 0 Å². The summed E-state index contributed by atoms with van der Waals surface area (Å²) < 4.78 is 0. The maximum atomic E-state index is 11.8. The highest BCUT2D eigenvalue weighted by molar-refractivity contribution is 5.74. The molecule has 0 aliphatic carbocycles. The van der Waals surface area contributed by atoms with Crippen molar-refractivity contribution in [1.29, 1.82) is 0 Å². The van der Waals surface area contributed by atoms with Crippen molar-refractivity contribution >= 4 is 6.03 Å². The van der Waals surface area contributed by atoms with Gasteiger partial charge in [-0.15, -0.1) is 0 Å². The molecule has 1 atom stereocenters. The molecular formula is C13H26N2O2. The number of carbonyl (C=O) groups is 1. The number of hydrogen-bond donors (Lipinski definition) is 2. The van der Waals surface area contributed by atoms with Gasteiger partial charge >= 0.3 is 6.03 Å². The number of nitrogens with zero attached hydrogens (tertiary/aromatic N) is 1. The maximum absolute atomic E-state index is 11.8. The molecule has 100 valence electrons. The highest BCUT2D eigenvalue weighted by atomic mass is 16.3. The molecule has 0 bridgehead atoms. The Bertz CT molecular complexity index is 234. The Labute approximate surface area is 104 Å². The number of rotatable bonds is 4. The summed E-state index contributed by atoms with van der Waals surface area (Å²) in [5, 5.41) is 12.4. The first kappa shape index (κ1) is 14.3. The minimum absolute atomic E-state index is 0.0506. The van der Waals surface area contributed by atoms with Crippen molar-refractivity contribution in [3.63, 3.8) is 0 Å². The van der Waals surface area contributed by atoms with Crippen molar-refractivity contribution in [2.45, 2.75) is 46.1 Å². The third-order valence-electron chi connectivity index (χ3n) is 3.51. The van der Waals surface area contributed by atoms with Crippen molar-refractivity contribution in [3.05, 3.63) is 0 Å². The Balaban J connectivity index is 2.21. The zero-order valence-corrected chi connectivity index (χ0v) is 11.3. The van der Waals surface area contributed by atoms with E-state index in [1.165, 1.54) is 0 Å². The van der Waals surface area contributed by atoms with Gasteiger partial charge in [0.05, 0.1) is 6.10 Å². The van der Waals surface area contributed by atoms with Crippen LogP contribution in [0.5, 0.6) is 0 Å². The zero-order valence-electron chi connectivity index (χ0n) is 11.3. The van der Waals surface area contributed by atoms with Gasteiger partial charge in [0.25, 0.3) is 0 Å². The van der Waals surface area contributed by atoms with Gasteiger partial charge in [-0.3, -0.25) is 0 Å². The summed E-state index contributed by atoms with van der Waals surface area (Å²) in [6.45, 7) is 8.43. The predicted octanol–water partition coefficient (Wildman–Crippen LogP) is 1.83. The molecule has 17 heavy (non-hydrogen) atoms. The fourth-order valence-electron chi connectivity index (χ4n) is 2.16. The van der Waals surface area contributed by atoms with Crippen LogP contribution in [0.2, 0.25) is 0 Å². The van der Waals surface area contributed by atoms with Crippen LogP contribution in [0.3, 0.4) is 0 Å². The molecule has 1 aliphatic rings. The van der Waals surface area contributed by atoms with Gasteiger partial charge in [-0.1, -0.05) is 13.8 Å². The predicted molar refractivity (Wildman–Crippen MR) is 68.8 cm³/mol. The Hall–Kier alpha value is -0.770. The molecular weight excluding hydrogens is 216 g/mol. The summed E-state index contributed by atoms with van der Waals surface area (Å²) in [5.41, 5.74) is 0. The van der Waals surface area contributed by atoms with Crippen molar-refractivity contribution in [1.82, 2.24) is 10.2 Å². The summed E-state index contributed by atoms with van der Waals surface area (Å²) in [4.78, 5) is 13.7. The molecule has 0 aromatic carbocycles. The highest BCUT2D eigenvalue weighted by Gasteiger charge is 2.24. The number of carbonyl (C=O) groups excluding carboxylic acids is 1.